The number of anilines is 1. The van der Waals surface area contributed by atoms with Crippen molar-refractivity contribution in [2.24, 2.45) is 0 Å². The van der Waals surface area contributed by atoms with Gasteiger partial charge in [0.25, 0.3) is 0 Å². The number of fused-ring (bicyclic) bond motifs is 1. The van der Waals surface area contributed by atoms with Crippen molar-refractivity contribution in [1.82, 2.24) is 19.7 Å². The molecule has 24 heavy (non-hydrogen) atoms. The summed E-state index contributed by atoms with van der Waals surface area (Å²) in [5.74, 6) is 1.78. The number of aryl methyl sites for hydroxylation is 2. The number of ether oxygens (including phenoxy) is 1. The quantitative estimate of drug-likeness (QED) is 0.927. The number of morpholine rings is 1. The third-order valence-corrected chi connectivity index (χ3v) is 4.89. The number of para-hydroxylation sites is 1. The van der Waals surface area contributed by atoms with Crippen LogP contribution in [0.15, 0.2) is 18.2 Å². The molecule has 6 heteroatoms. The van der Waals surface area contributed by atoms with Crippen LogP contribution >= 0.6 is 0 Å². The molecule has 1 N–H and O–H groups in total. The fourth-order valence-electron chi connectivity index (χ4n) is 3.75. The average molecular weight is 327 g/mol. The molecule has 2 aliphatic rings. The molecule has 6 nitrogen and oxygen atoms in total. The van der Waals surface area contributed by atoms with E-state index in [9.17, 15) is 0 Å². The van der Waals surface area contributed by atoms with E-state index < -0.39 is 0 Å². The lowest BCUT2D eigenvalue weighted by atomic mass is 10.1. The molecular formula is C18H25N5O. The molecule has 128 valence electrons. The lowest BCUT2D eigenvalue weighted by molar-refractivity contribution is -0.0404. The Balaban J connectivity index is 1.42. The van der Waals surface area contributed by atoms with Gasteiger partial charge in [0.15, 0.2) is 0 Å². The van der Waals surface area contributed by atoms with Crippen molar-refractivity contribution in [3.63, 3.8) is 0 Å². The Morgan fingerprint density at radius 3 is 3.08 bits per heavy atom. The van der Waals surface area contributed by atoms with Gasteiger partial charge in [-0.1, -0.05) is 18.2 Å². The number of hydrogen-bond donors (Lipinski definition) is 1. The number of nitrogens with zero attached hydrogens (tertiary/aromatic N) is 4. The molecule has 0 saturated carbocycles. The van der Waals surface area contributed by atoms with Crippen molar-refractivity contribution in [2.75, 3.05) is 31.6 Å². The minimum atomic E-state index is 0.170. The third kappa shape index (κ3) is 3.16. The van der Waals surface area contributed by atoms with Crippen molar-refractivity contribution in [3.05, 3.63) is 41.0 Å². The topological polar surface area (TPSA) is 55.2 Å². The van der Waals surface area contributed by atoms with Gasteiger partial charge in [-0.3, -0.25) is 4.90 Å². The SMILES string of the molecule is Cc1nc(C)n(CC2CN(Cc3cccc4c3NCC4)CCO2)n1. The van der Waals surface area contributed by atoms with Crippen molar-refractivity contribution >= 4 is 5.69 Å². The molecule has 1 saturated heterocycles. The molecule has 1 atom stereocenters. The summed E-state index contributed by atoms with van der Waals surface area (Å²) >= 11 is 0. The van der Waals surface area contributed by atoms with Crippen LogP contribution in [0.25, 0.3) is 0 Å². The molecule has 0 aliphatic carbocycles. The van der Waals surface area contributed by atoms with E-state index in [-0.39, 0.29) is 6.10 Å². The maximum atomic E-state index is 5.96. The van der Waals surface area contributed by atoms with Gasteiger partial charge in [0.1, 0.15) is 11.6 Å². The van der Waals surface area contributed by atoms with Crippen molar-refractivity contribution in [1.29, 1.82) is 0 Å². The first-order valence-corrected chi connectivity index (χ1v) is 8.75. The number of aromatic nitrogens is 3. The monoisotopic (exact) mass is 327 g/mol. The van der Waals surface area contributed by atoms with Crippen LogP contribution in [0.5, 0.6) is 0 Å². The predicted octanol–water partition coefficient (Wildman–Crippen LogP) is 1.76. The van der Waals surface area contributed by atoms with Crippen LogP contribution in [0.4, 0.5) is 5.69 Å². The normalized spacial score (nSPS) is 20.8. The predicted molar refractivity (Wildman–Crippen MR) is 93.1 cm³/mol. The van der Waals surface area contributed by atoms with Crippen LogP contribution < -0.4 is 5.32 Å². The second kappa shape index (κ2) is 6.53. The summed E-state index contributed by atoms with van der Waals surface area (Å²) in [6.45, 7) is 9.43. The molecule has 0 amide bonds. The maximum Gasteiger partial charge on any atom is 0.147 e. The number of rotatable bonds is 4. The van der Waals surface area contributed by atoms with Crippen LogP contribution in [0, 0.1) is 13.8 Å². The highest BCUT2D eigenvalue weighted by atomic mass is 16.5. The van der Waals surface area contributed by atoms with E-state index in [4.69, 9.17) is 4.74 Å². The zero-order valence-corrected chi connectivity index (χ0v) is 14.5. The molecule has 0 spiro atoms. The second-order valence-corrected chi connectivity index (χ2v) is 6.74. The van der Waals surface area contributed by atoms with Gasteiger partial charge in [-0.15, -0.1) is 0 Å². The summed E-state index contributed by atoms with van der Waals surface area (Å²) in [5, 5.41) is 8.00. The first kappa shape index (κ1) is 15.6. The Hall–Kier alpha value is -1.92. The molecule has 2 aliphatic heterocycles. The minimum absolute atomic E-state index is 0.170. The number of nitrogens with one attached hydrogen (secondary N) is 1. The largest absolute Gasteiger partial charge is 0.384 e. The molecule has 3 heterocycles. The highest BCUT2D eigenvalue weighted by Gasteiger charge is 2.23. The lowest BCUT2D eigenvalue weighted by Gasteiger charge is -2.33. The van der Waals surface area contributed by atoms with E-state index in [1.54, 1.807) is 0 Å². The van der Waals surface area contributed by atoms with Gasteiger partial charge < -0.3 is 10.1 Å². The van der Waals surface area contributed by atoms with Gasteiger partial charge in [-0.05, 0) is 31.4 Å². The molecule has 1 fully saturated rings. The zero-order valence-electron chi connectivity index (χ0n) is 14.5. The van der Waals surface area contributed by atoms with E-state index in [1.165, 1.54) is 16.8 Å². The highest BCUT2D eigenvalue weighted by molar-refractivity contribution is 5.61. The summed E-state index contributed by atoms with van der Waals surface area (Å²) in [7, 11) is 0. The Kier molecular flexibility index (Phi) is 4.24. The van der Waals surface area contributed by atoms with Gasteiger partial charge >= 0.3 is 0 Å². The molecule has 1 unspecified atom stereocenters. The summed E-state index contributed by atoms with van der Waals surface area (Å²) in [4.78, 5) is 6.87. The van der Waals surface area contributed by atoms with E-state index in [1.807, 2.05) is 18.5 Å². The average Bonchev–Trinajstić information content (AvgIpc) is 3.15. The first-order valence-electron chi connectivity index (χ1n) is 8.75. The molecule has 1 aromatic heterocycles. The van der Waals surface area contributed by atoms with Crippen LogP contribution in [0.1, 0.15) is 22.8 Å². The van der Waals surface area contributed by atoms with E-state index in [0.29, 0.717) is 0 Å². The van der Waals surface area contributed by atoms with Crippen LogP contribution in [0.3, 0.4) is 0 Å². The summed E-state index contributed by atoms with van der Waals surface area (Å²) in [6.07, 6.45) is 1.31. The minimum Gasteiger partial charge on any atom is -0.384 e. The van der Waals surface area contributed by atoms with Gasteiger partial charge in [0, 0.05) is 31.9 Å². The Labute approximate surface area is 142 Å². The second-order valence-electron chi connectivity index (χ2n) is 6.74. The molecule has 1 aromatic carbocycles. The summed E-state index contributed by atoms with van der Waals surface area (Å²) in [5.41, 5.74) is 4.20. The van der Waals surface area contributed by atoms with Crippen LogP contribution in [-0.4, -0.2) is 52.0 Å². The van der Waals surface area contributed by atoms with Crippen LogP contribution in [0.2, 0.25) is 0 Å². The van der Waals surface area contributed by atoms with Crippen molar-refractivity contribution < 1.29 is 4.74 Å². The van der Waals surface area contributed by atoms with Gasteiger partial charge in [-0.2, -0.15) is 5.10 Å². The Bertz CT molecular complexity index is 726. The molecule has 4 rings (SSSR count). The lowest BCUT2D eigenvalue weighted by Crippen LogP contribution is -2.44. The molecule has 0 bridgehead atoms. The first-order chi connectivity index (χ1) is 11.7. The number of benzene rings is 1. The maximum absolute atomic E-state index is 5.96. The standard InChI is InChI=1S/C18H25N5O/c1-13-20-14(2)23(21-13)12-17-11-22(8-9-24-17)10-16-5-3-4-15-6-7-19-18(15)16/h3-5,17,19H,6-12H2,1-2H3. The third-order valence-electron chi connectivity index (χ3n) is 4.89. The molecule has 0 radical (unpaired) electrons. The van der Waals surface area contributed by atoms with Gasteiger partial charge in [-0.25, -0.2) is 9.67 Å². The van der Waals surface area contributed by atoms with E-state index in [2.05, 4.69) is 38.5 Å². The summed E-state index contributed by atoms with van der Waals surface area (Å²) in [6, 6.07) is 6.66. The number of hydrogen-bond acceptors (Lipinski definition) is 5. The van der Waals surface area contributed by atoms with Crippen molar-refractivity contribution in [3.8, 4) is 0 Å². The molecule has 2 aromatic rings. The van der Waals surface area contributed by atoms with Crippen molar-refractivity contribution in [2.45, 2.75) is 39.5 Å². The zero-order chi connectivity index (χ0) is 16.5. The Morgan fingerprint density at radius 1 is 1.33 bits per heavy atom. The summed E-state index contributed by atoms with van der Waals surface area (Å²) < 4.78 is 7.92. The Morgan fingerprint density at radius 2 is 2.25 bits per heavy atom. The fourth-order valence-corrected chi connectivity index (χ4v) is 3.75. The van der Waals surface area contributed by atoms with Gasteiger partial charge in [0.05, 0.1) is 19.3 Å². The smallest absolute Gasteiger partial charge is 0.147 e. The fraction of sp³-hybridized carbons (Fsp3) is 0.556. The van der Waals surface area contributed by atoms with E-state index >= 15 is 0 Å². The van der Waals surface area contributed by atoms with Gasteiger partial charge in [0.2, 0.25) is 0 Å². The molecular weight excluding hydrogens is 302 g/mol. The highest BCUT2D eigenvalue weighted by Crippen LogP contribution is 2.27. The van der Waals surface area contributed by atoms with Crippen LogP contribution in [-0.2, 0) is 24.2 Å². The van der Waals surface area contributed by atoms with E-state index in [0.717, 1.165) is 57.4 Å².